The van der Waals surface area contributed by atoms with E-state index in [0.29, 0.717) is 16.7 Å². The molecule has 0 N–H and O–H groups in total. The second-order valence-electron chi connectivity index (χ2n) is 4.83. The highest BCUT2D eigenvalue weighted by Crippen LogP contribution is 2.28. The van der Waals surface area contributed by atoms with Crippen LogP contribution >= 0.6 is 0 Å². The van der Waals surface area contributed by atoms with Gasteiger partial charge in [-0.1, -0.05) is 12.1 Å². The van der Waals surface area contributed by atoms with Crippen LogP contribution in [0.2, 0.25) is 0 Å². The van der Waals surface area contributed by atoms with Crippen molar-refractivity contribution in [3.05, 3.63) is 59.2 Å². The lowest BCUT2D eigenvalue weighted by Gasteiger charge is -2.16. The Bertz CT molecular complexity index is 745. The number of benzene rings is 2. The van der Waals surface area contributed by atoms with E-state index in [-0.39, 0.29) is 0 Å². The molecule has 0 amide bonds. The van der Waals surface area contributed by atoms with Crippen molar-refractivity contribution in [1.29, 1.82) is 5.26 Å². The van der Waals surface area contributed by atoms with Crippen LogP contribution in [0.3, 0.4) is 0 Å². The maximum absolute atomic E-state index is 11.9. The fourth-order valence-corrected chi connectivity index (χ4v) is 2.33. The molecule has 0 spiro atoms. The second kappa shape index (κ2) is 7.54. The largest absolute Gasteiger partial charge is 0.465 e. The van der Waals surface area contributed by atoms with Gasteiger partial charge in [-0.3, -0.25) is 0 Å². The van der Waals surface area contributed by atoms with Gasteiger partial charge in [0.2, 0.25) is 0 Å². The number of carbonyl (C=O) groups excluding carboxylic acids is 1. The van der Waals surface area contributed by atoms with Crippen LogP contribution in [0.5, 0.6) is 0 Å². The van der Waals surface area contributed by atoms with Gasteiger partial charge in [0.05, 0.1) is 24.3 Å². The molecular formula is C18H17NO4. The van der Waals surface area contributed by atoms with Crippen LogP contribution in [-0.4, -0.2) is 27.3 Å². The molecule has 0 heterocycles. The van der Waals surface area contributed by atoms with E-state index in [0.717, 1.165) is 11.1 Å². The molecule has 23 heavy (non-hydrogen) atoms. The standard InChI is InChI=1S/C18H17NO4/c1-21-17(20)15-8-14(9-16(10-15)18(22-2)23-3)13-6-4-5-12(7-13)11-19/h4-10,18H,1-3H3. The highest BCUT2D eigenvalue weighted by molar-refractivity contribution is 5.91. The van der Waals surface area contributed by atoms with Crippen molar-refractivity contribution in [3.63, 3.8) is 0 Å². The van der Waals surface area contributed by atoms with E-state index in [9.17, 15) is 4.79 Å². The average molecular weight is 311 g/mol. The predicted molar refractivity (Wildman–Crippen MR) is 84.7 cm³/mol. The first-order valence-electron chi connectivity index (χ1n) is 6.92. The Morgan fingerprint density at radius 2 is 1.78 bits per heavy atom. The quantitative estimate of drug-likeness (QED) is 0.626. The first-order chi connectivity index (χ1) is 11.1. The maximum atomic E-state index is 11.9. The lowest BCUT2D eigenvalue weighted by molar-refractivity contribution is -0.106. The summed E-state index contributed by atoms with van der Waals surface area (Å²) in [6.07, 6.45) is -0.600. The molecule has 0 aromatic heterocycles. The van der Waals surface area contributed by atoms with Gasteiger partial charge >= 0.3 is 5.97 Å². The van der Waals surface area contributed by atoms with Crippen molar-refractivity contribution >= 4 is 5.97 Å². The number of methoxy groups -OCH3 is 3. The van der Waals surface area contributed by atoms with Gasteiger partial charge in [-0.05, 0) is 41.5 Å². The second-order valence-corrected chi connectivity index (χ2v) is 4.83. The van der Waals surface area contributed by atoms with E-state index in [2.05, 4.69) is 6.07 Å². The van der Waals surface area contributed by atoms with Gasteiger partial charge in [-0.2, -0.15) is 5.26 Å². The fourth-order valence-electron chi connectivity index (χ4n) is 2.33. The normalized spacial score (nSPS) is 10.4. The highest BCUT2D eigenvalue weighted by Gasteiger charge is 2.16. The fraction of sp³-hybridized carbons (Fsp3) is 0.222. The summed E-state index contributed by atoms with van der Waals surface area (Å²) in [5.74, 6) is -0.449. The predicted octanol–water partition coefficient (Wildman–Crippen LogP) is 3.30. The molecule has 0 saturated heterocycles. The molecule has 2 aromatic carbocycles. The molecule has 0 atom stereocenters. The Morgan fingerprint density at radius 3 is 2.39 bits per heavy atom. The minimum absolute atomic E-state index is 0.390. The Balaban J connectivity index is 2.59. The summed E-state index contributed by atoms with van der Waals surface area (Å²) in [7, 11) is 4.37. The van der Waals surface area contributed by atoms with Crippen LogP contribution in [-0.2, 0) is 14.2 Å². The smallest absolute Gasteiger partial charge is 0.337 e. The molecule has 0 radical (unpaired) electrons. The van der Waals surface area contributed by atoms with E-state index in [1.54, 1.807) is 30.3 Å². The minimum atomic E-state index is -0.600. The molecule has 0 aliphatic carbocycles. The zero-order valence-corrected chi connectivity index (χ0v) is 13.2. The van der Waals surface area contributed by atoms with E-state index < -0.39 is 12.3 Å². The summed E-state index contributed by atoms with van der Waals surface area (Å²) in [6.45, 7) is 0. The lowest BCUT2D eigenvalue weighted by atomic mass is 9.98. The summed E-state index contributed by atoms with van der Waals surface area (Å²) in [5, 5.41) is 9.04. The number of ether oxygens (including phenoxy) is 3. The third kappa shape index (κ3) is 3.75. The summed E-state index contributed by atoms with van der Waals surface area (Å²) >= 11 is 0. The van der Waals surface area contributed by atoms with Gasteiger partial charge < -0.3 is 14.2 Å². The van der Waals surface area contributed by atoms with E-state index in [1.165, 1.54) is 21.3 Å². The van der Waals surface area contributed by atoms with Gasteiger partial charge in [0.1, 0.15) is 0 Å². The topological polar surface area (TPSA) is 68.6 Å². The van der Waals surface area contributed by atoms with Gasteiger partial charge in [0, 0.05) is 19.8 Å². The summed E-state index contributed by atoms with van der Waals surface area (Å²) < 4.78 is 15.3. The molecular weight excluding hydrogens is 294 g/mol. The van der Waals surface area contributed by atoms with Gasteiger partial charge in [0.25, 0.3) is 0 Å². The number of hydrogen-bond acceptors (Lipinski definition) is 5. The van der Waals surface area contributed by atoms with Crippen molar-refractivity contribution in [2.45, 2.75) is 6.29 Å². The Hall–Kier alpha value is -2.68. The average Bonchev–Trinajstić information content (AvgIpc) is 2.61. The van der Waals surface area contributed by atoms with E-state index in [1.807, 2.05) is 12.1 Å². The number of nitrogens with zero attached hydrogens (tertiary/aromatic N) is 1. The van der Waals surface area contributed by atoms with Crippen molar-refractivity contribution < 1.29 is 19.0 Å². The number of carbonyl (C=O) groups is 1. The summed E-state index contributed by atoms with van der Waals surface area (Å²) in [5.41, 5.74) is 3.22. The monoisotopic (exact) mass is 311 g/mol. The molecule has 2 rings (SSSR count). The number of nitriles is 1. The molecule has 0 unspecified atom stereocenters. The number of rotatable bonds is 5. The first kappa shape index (κ1) is 16.7. The van der Waals surface area contributed by atoms with Crippen molar-refractivity contribution in [2.24, 2.45) is 0 Å². The molecule has 0 bridgehead atoms. The Labute approximate surface area is 135 Å². The molecule has 0 aliphatic heterocycles. The van der Waals surface area contributed by atoms with Crippen LogP contribution < -0.4 is 0 Å². The third-order valence-corrected chi connectivity index (χ3v) is 3.40. The molecule has 118 valence electrons. The molecule has 0 aliphatic rings. The van der Waals surface area contributed by atoms with Crippen molar-refractivity contribution in [1.82, 2.24) is 0 Å². The van der Waals surface area contributed by atoms with Crippen LogP contribution in [0.15, 0.2) is 42.5 Å². The van der Waals surface area contributed by atoms with Crippen molar-refractivity contribution in [3.8, 4) is 17.2 Å². The van der Waals surface area contributed by atoms with E-state index >= 15 is 0 Å². The van der Waals surface area contributed by atoms with Gasteiger partial charge in [-0.15, -0.1) is 0 Å². The molecule has 0 saturated carbocycles. The first-order valence-corrected chi connectivity index (χ1v) is 6.92. The van der Waals surface area contributed by atoms with Crippen LogP contribution in [0, 0.1) is 11.3 Å². The summed E-state index contributed by atoms with van der Waals surface area (Å²) in [6, 6.07) is 14.5. The Morgan fingerprint density at radius 1 is 1.04 bits per heavy atom. The summed E-state index contributed by atoms with van der Waals surface area (Å²) in [4.78, 5) is 11.9. The molecule has 0 fully saturated rings. The zero-order chi connectivity index (χ0) is 16.8. The van der Waals surface area contributed by atoms with Crippen LogP contribution in [0.4, 0.5) is 0 Å². The van der Waals surface area contributed by atoms with Crippen molar-refractivity contribution in [2.75, 3.05) is 21.3 Å². The Kier molecular flexibility index (Phi) is 5.47. The zero-order valence-electron chi connectivity index (χ0n) is 13.2. The maximum Gasteiger partial charge on any atom is 0.337 e. The van der Waals surface area contributed by atoms with Crippen LogP contribution in [0.1, 0.15) is 27.8 Å². The molecule has 5 heteroatoms. The van der Waals surface area contributed by atoms with Crippen LogP contribution in [0.25, 0.3) is 11.1 Å². The number of esters is 1. The van der Waals surface area contributed by atoms with Gasteiger partial charge in [-0.25, -0.2) is 4.79 Å². The molecule has 2 aromatic rings. The highest BCUT2D eigenvalue weighted by atomic mass is 16.7. The third-order valence-electron chi connectivity index (χ3n) is 3.40. The number of hydrogen-bond donors (Lipinski definition) is 0. The molecule has 5 nitrogen and oxygen atoms in total. The minimum Gasteiger partial charge on any atom is -0.465 e. The van der Waals surface area contributed by atoms with Gasteiger partial charge in [0.15, 0.2) is 6.29 Å². The SMILES string of the molecule is COC(=O)c1cc(-c2cccc(C#N)c2)cc(C(OC)OC)c1. The lowest BCUT2D eigenvalue weighted by Crippen LogP contribution is -2.08. The van der Waals surface area contributed by atoms with E-state index in [4.69, 9.17) is 19.5 Å².